The summed E-state index contributed by atoms with van der Waals surface area (Å²) in [5.41, 5.74) is 1.40. The van der Waals surface area contributed by atoms with Gasteiger partial charge in [-0.25, -0.2) is 13.1 Å². The Hall–Kier alpha value is -2.58. The molecule has 0 spiro atoms. The molecule has 2 aromatic heterocycles. The Morgan fingerprint density at radius 1 is 1.13 bits per heavy atom. The van der Waals surface area contributed by atoms with Crippen LogP contribution in [0.15, 0.2) is 58.0 Å². The first-order chi connectivity index (χ1) is 11.0. The summed E-state index contributed by atoms with van der Waals surface area (Å²) in [4.78, 5) is 4.29. The van der Waals surface area contributed by atoms with Crippen molar-refractivity contribution in [3.8, 4) is 11.6 Å². The molecule has 0 radical (unpaired) electrons. The molecule has 0 atom stereocenters. The van der Waals surface area contributed by atoms with Crippen molar-refractivity contribution in [3.05, 3.63) is 60.1 Å². The first-order valence-corrected chi connectivity index (χ1v) is 8.33. The summed E-state index contributed by atoms with van der Waals surface area (Å²) in [6.07, 6.45) is 1.61. The predicted molar refractivity (Wildman–Crippen MR) is 82.7 cm³/mol. The number of aryl methyl sites for hydroxylation is 1. The Kier molecular flexibility index (Phi) is 4.18. The molecule has 3 rings (SSSR count). The number of benzene rings is 1. The smallest absolute Gasteiger partial charge is 0.266 e. The minimum absolute atomic E-state index is 0.0872. The van der Waals surface area contributed by atoms with Crippen LogP contribution in [0.4, 0.5) is 0 Å². The molecule has 23 heavy (non-hydrogen) atoms. The zero-order valence-electron chi connectivity index (χ0n) is 12.3. The van der Waals surface area contributed by atoms with E-state index in [2.05, 4.69) is 19.9 Å². The van der Waals surface area contributed by atoms with Crippen molar-refractivity contribution in [3.63, 3.8) is 0 Å². The molecule has 0 aliphatic carbocycles. The summed E-state index contributed by atoms with van der Waals surface area (Å²) in [5.74, 6) is 0.414. The normalized spacial score (nSPS) is 11.5. The monoisotopic (exact) mass is 330 g/mol. The van der Waals surface area contributed by atoms with Gasteiger partial charge in [-0.05, 0) is 36.8 Å². The number of pyridine rings is 1. The van der Waals surface area contributed by atoms with E-state index in [1.807, 2.05) is 13.0 Å². The Morgan fingerprint density at radius 3 is 2.74 bits per heavy atom. The van der Waals surface area contributed by atoms with Gasteiger partial charge in [-0.2, -0.15) is 0 Å². The molecule has 0 bridgehead atoms. The van der Waals surface area contributed by atoms with Crippen molar-refractivity contribution in [2.75, 3.05) is 0 Å². The second-order valence-electron chi connectivity index (χ2n) is 4.86. The molecule has 1 aromatic carbocycles. The Balaban J connectivity index is 1.73. The van der Waals surface area contributed by atoms with Crippen LogP contribution in [0, 0.1) is 6.92 Å². The van der Waals surface area contributed by atoms with Gasteiger partial charge in [0.1, 0.15) is 5.69 Å². The van der Waals surface area contributed by atoms with Crippen LogP contribution in [-0.4, -0.2) is 23.6 Å². The van der Waals surface area contributed by atoms with E-state index in [-0.39, 0.29) is 23.2 Å². The van der Waals surface area contributed by atoms with Gasteiger partial charge in [0, 0.05) is 6.20 Å². The second kappa shape index (κ2) is 6.27. The van der Waals surface area contributed by atoms with Gasteiger partial charge in [0.15, 0.2) is 0 Å². The number of nitrogens with one attached hydrogen (secondary N) is 1. The number of nitrogens with zero attached hydrogens (tertiary/aromatic N) is 3. The molecule has 0 saturated carbocycles. The molecule has 8 heteroatoms. The molecule has 2 heterocycles. The highest BCUT2D eigenvalue weighted by atomic mass is 32.2. The van der Waals surface area contributed by atoms with E-state index in [4.69, 9.17) is 4.42 Å². The number of aromatic nitrogens is 3. The molecule has 1 N–H and O–H groups in total. The minimum atomic E-state index is -3.63. The van der Waals surface area contributed by atoms with Crippen LogP contribution in [0.1, 0.15) is 11.5 Å². The van der Waals surface area contributed by atoms with Crippen molar-refractivity contribution < 1.29 is 12.8 Å². The van der Waals surface area contributed by atoms with Gasteiger partial charge in [-0.15, -0.1) is 10.2 Å². The first kappa shape index (κ1) is 15.3. The fourth-order valence-corrected chi connectivity index (χ4v) is 3.02. The molecule has 0 fully saturated rings. The van der Waals surface area contributed by atoms with Crippen LogP contribution in [0.5, 0.6) is 0 Å². The van der Waals surface area contributed by atoms with Crippen molar-refractivity contribution >= 4 is 10.0 Å². The topological polar surface area (TPSA) is 98.0 Å². The number of hydrogen-bond acceptors (Lipinski definition) is 6. The van der Waals surface area contributed by atoms with E-state index in [1.165, 1.54) is 6.07 Å². The van der Waals surface area contributed by atoms with Gasteiger partial charge in [0.25, 0.3) is 5.89 Å². The number of hydrogen-bond donors (Lipinski definition) is 1. The second-order valence-corrected chi connectivity index (χ2v) is 6.62. The molecule has 0 saturated heterocycles. The van der Waals surface area contributed by atoms with E-state index in [0.717, 1.165) is 5.56 Å². The molecular formula is C15H14N4O3S. The summed E-state index contributed by atoms with van der Waals surface area (Å²) in [6, 6.07) is 11.9. The fraction of sp³-hybridized carbons (Fsp3) is 0.133. The average molecular weight is 330 g/mol. The molecule has 3 aromatic rings. The zero-order valence-corrected chi connectivity index (χ0v) is 13.1. The molecule has 0 amide bonds. The van der Waals surface area contributed by atoms with Gasteiger partial charge in [0.05, 0.1) is 11.4 Å². The Morgan fingerprint density at radius 2 is 2.00 bits per heavy atom. The van der Waals surface area contributed by atoms with Crippen LogP contribution in [0.3, 0.4) is 0 Å². The van der Waals surface area contributed by atoms with E-state index in [9.17, 15) is 8.42 Å². The minimum Gasteiger partial charge on any atom is -0.418 e. The van der Waals surface area contributed by atoms with Crippen LogP contribution in [-0.2, 0) is 16.6 Å². The first-order valence-electron chi connectivity index (χ1n) is 6.85. The van der Waals surface area contributed by atoms with Crippen LogP contribution in [0.25, 0.3) is 11.6 Å². The van der Waals surface area contributed by atoms with Gasteiger partial charge in [0.2, 0.25) is 15.9 Å². The van der Waals surface area contributed by atoms with Crippen molar-refractivity contribution in [2.24, 2.45) is 0 Å². The largest absolute Gasteiger partial charge is 0.418 e. The summed E-state index contributed by atoms with van der Waals surface area (Å²) >= 11 is 0. The van der Waals surface area contributed by atoms with Crippen LogP contribution < -0.4 is 4.72 Å². The van der Waals surface area contributed by atoms with E-state index in [1.54, 1.807) is 36.5 Å². The highest BCUT2D eigenvalue weighted by Gasteiger charge is 2.16. The van der Waals surface area contributed by atoms with Crippen molar-refractivity contribution in [1.82, 2.24) is 19.9 Å². The molecular weight excluding hydrogens is 316 g/mol. The number of rotatable bonds is 5. The predicted octanol–water partition coefficient (Wildman–Crippen LogP) is 1.92. The third-order valence-electron chi connectivity index (χ3n) is 3.06. The fourth-order valence-electron chi connectivity index (χ4n) is 1.94. The summed E-state index contributed by atoms with van der Waals surface area (Å²) < 4.78 is 32.3. The van der Waals surface area contributed by atoms with Crippen molar-refractivity contribution in [2.45, 2.75) is 18.4 Å². The van der Waals surface area contributed by atoms with Crippen LogP contribution in [0.2, 0.25) is 0 Å². The highest BCUT2D eigenvalue weighted by Crippen LogP contribution is 2.15. The lowest BCUT2D eigenvalue weighted by Crippen LogP contribution is -2.23. The van der Waals surface area contributed by atoms with Gasteiger partial charge in [-0.3, -0.25) is 4.98 Å². The third-order valence-corrected chi connectivity index (χ3v) is 4.46. The lowest BCUT2D eigenvalue weighted by atomic mass is 10.2. The maximum absolute atomic E-state index is 12.2. The van der Waals surface area contributed by atoms with E-state index < -0.39 is 10.0 Å². The van der Waals surface area contributed by atoms with Crippen LogP contribution >= 0.6 is 0 Å². The van der Waals surface area contributed by atoms with Gasteiger partial charge < -0.3 is 4.42 Å². The lowest BCUT2D eigenvalue weighted by molar-refractivity contribution is 0.493. The molecule has 118 valence electrons. The summed E-state index contributed by atoms with van der Waals surface area (Å²) in [5, 5.41) is 7.68. The molecule has 0 aliphatic heterocycles. The molecule has 0 aliphatic rings. The third kappa shape index (κ3) is 3.61. The van der Waals surface area contributed by atoms with Crippen molar-refractivity contribution in [1.29, 1.82) is 0 Å². The summed E-state index contributed by atoms with van der Waals surface area (Å²) in [7, 11) is -3.63. The quantitative estimate of drug-likeness (QED) is 0.767. The Bertz CT molecular complexity index is 907. The molecule has 7 nitrogen and oxygen atoms in total. The number of sulfonamides is 1. The molecule has 0 unspecified atom stereocenters. The highest BCUT2D eigenvalue weighted by molar-refractivity contribution is 7.89. The Labute approximate surface area is 133 Å². The standard InChI is InChI=1S/C15H14N4O3S/c1-11-5-4-6-12(9-11)23(20,21)17-10-14-18-19-15(22-14)13-7-2-3-8-16-13/h2-9,17H,10H2,1H3. The zero-order chi connectivity index (χ0) is 16.3. The van der Waals surface area contributed by atoms with E-state index >= 15 is 0 Å². The SMILES string of the molecule is Cc1cccc(S(=O)(=O)NCc2nnc(-c3ccccn3)o2)c1. The maximum Gasteiger partial charge on any atom is 0.266 e. The van der Waals surface area contributed by atoms with Gasteiger partial charge >= 0.3 is 0 Å². The van der Waals surface area contributed by atoms with E-state index in [0.29, 0.717) is 5.69 Å². The maximum atomic E-state index is 12.2. The average Bonchev–Trinajstić information content (AvgIpc) is 3.03. The van der Waals surface area contributed by atoms with Gasteiger partial charge in [-0.1, -0.05) is 18.2 Å². The summed E-state index contributed by atoms with van der Waals surface area (Å²) in [6.45, 7) is 1.74. The lowest BCUT2D eigenvalue weighted by Gasteiger charge is -2.05.